The Labute approximate surface area is 202 Å². The lowest BCUT2D eigenvalue weighted by molar-refractivity contribution is -0.136. The van der Waals surface area contributed by atoms with Crippen LogP contribution in [0.4, 0.5) is 8.78 Å². The third kappa shape index (κ3) is 5.41. The van der Waals surface area contributed by atoms with Crippen LogP contribution in [-0.4, -0.2) is 32.0 Å². The molecular formula is C29H38F2N2O. The number of nitrogens with one attached hydrogen (secondary N) is 2. The molecule has 2 atom stereocenters. The molecule has 184 valence electrons. The second-order valence-electron chi connectivity index (χ2n) is 10.9. The molecule has 2 aliphatic heterocycles. The molecule has 0 bridgehead atoms. The Morgan fingerprint density at radius 3 is 1.44 bits per heavy atom. The number of rotatable bonds is 8. The van der Waals surface area contributed by atoms with Crippen molar-refractivity contribution in [3.63, 3.8) is 0 Å². The molecule has 2 aliphatic rings. The van der Waals surface area contributed by atoms with Crippen LogP contribution in [-0.2, 0) is 17.6 Å². The van der Waals surface area contributed by atoms with Crippen LogP contribution in [0, 0.1) is 34.3 Å². The van der Waals surface area contributed by atoms with Gasteiger partial charge >= 0.3 is 0 Å². The normalized spacial score (nSPS) is 21.5. The minimum atomic E-state index is -0.310. The largest absolute Gasteiger partial charge is 0.317 e. The first-order chi connectivity index (χ1) is 16.3. The summed E-state index contributed by atoms with van der Waals surface area (Å²) in [6.07, 6.45) is 4.30. The van der Waals surface area contributed by atoms with Crippen molar-refractivity contribution in [2.24, 2.45) is 22.7 Å². The van der Waals surface area contributed by atoms with Gasteiger partial charge in [0.05, 0.1) is 0 Å². The van der Waals surface area contributed by atoms with E-state index in [0.29, 0.717) is 24.0 Å². The molecule has 5 heteroatoms. The summed E-state index contributed by atoms with van der Waals surface area (Å²) < 4.78 is 29.5. The number of benzene rings is 2. The van der Waals surface area contributed by atoms with Crippen LogP contribution < -0.4 is 10.6 Å². The summed E-state index contributed by atoms with van der Waals surface area (Å²) in [6.45, 7) is 7.82. The molecule has 2 heterocycles. The fourth-order valence-corrected chi connectivity index (χ4v) is 6.08. The van der Waals surface area contributed by atoms with Gasteiger partial charge in [-0.1, -0.05) is 50.2 Å². The Morgan fingerprint density at radius 2 is 1.09 bits per heavy atom. The molecule has 4 rings (SSSR count). The van der Waals surface area contributed by atoms with Gasteiger partial charge < -0.3 is 10.6 Å². The van der Waals surface area contributed by atoms with Crippen molar-refractivity contribution in [3.8, 4) is 0 Å². The molecular weight excluding hydrogens is 430 g/mol. The van der Waals surface area contributed by atoms with E-state index in [4.69, 9.17) is 0 Å². The highest BCUT2D eigenvalue weighted by molar-refractivity contribution is 5.85. The topological polar surface area (TPSA) is 41.1 Å². The second-order valence-corrected chi connectivity index (χ2v) is 10.9. The van der Waals surface area contributed by atoms with Crippen molar-refractivity contribution in [2.75, 3.05) is 26.2 Å². The minimum absolute atomic E-state index is 0.181. The van der Waals surface area contributed by atoms with Gasteiger partial charge in [-0.15, -0.1) is 0 Å². The summed E-state index contributed by atoms with van der Waals surface area (Å²) in [5.41, 5.74) is 0.754. The predicted octanol–water partition coefficient (Wildman–Crippen LogP) is 5.33. The SMILES string of the molecule is CC1(C(Cc2ccccc2F)C(=O)C(Cc2ccccc2F)C2(C)CCNCC2)CCNCC1. The fourth-order valence-electron chi connectivity index (χ4n) is 6.08. The zero-order chi connectivity index (χ0) is 24.2. The van der Waals surface area contributed by atoms with Gasteiger partial charge in [0, 0.05) is 11.8 Å². The van der Waals surface area contributed by atoms with E-state index >= 15 is 0 Å². The van der Waals surface area contributed by atoms with Crippen LogP contribution in [0.15, 0.2) is 48.5 Å². The van der Waals surface area contributed by atoms with Crippen LogP contribution in [0.3, 0.4) is 0 Å². The lowest BCUT2D eigenvalue weighted by Crippen LogP contribution is -2.50. The summed E-state index contributed by atoms with van der Waals surface area (Å²) in [6, 6.07) is 13.6. The first-order valence-electron chi connectivity index (χ1n) is 12.7. The van der Waals surface area contributed by atoms with Gasteiger partial charge in [0.25, 0.3) is 0 Å². The maximum atomic E-state index is 14.8. The number of hydrogen-bond donors (Lipinski definition) is 2. The highest BCUT2D eigenvalue weighted by Crippen LogP contribution is 2.46. The molecule has 2 saturated heterocycles. The number of piperidine rings is 2. The predicted molar refractivity (Wildman–Crippen MR) is 133 cm³/mol. The van der Waals surface area contributed by atoms with Crippen molar-refractivity contribution < 1.29 is 13.6 Å². The van der Waals surface area contributed by atoms with E-state index in [9.17, 15) is 13.6 Å². The Hall–Kier alpha value is -2.11. The Balaban J connectivity index is 1.73. The van der Waals surface area contributed by atoms with Gasteiger partial charge in [-0.3, -0.25) is 4.79 Å². The number of halogens is 2. The summed E-state index contributed by atoms with van der Waals surface area (Å²) in [7, 11) is 0. The van der Waals surface area contributed by atoms with Gasteiger partial charge in [0.15, 0.2) is 0 Å². The van der Waals surface area contributed by atoms with Gasteiger partial charge in [-0.05, 0) is 98.8 Å². The second kappa shape index (κ2) is 10.7. The van der Waals surface area contributed by atoms with Crippen LogP contribution in [0.25, 0.3) is 0 Å². The lowest BCUT2D eigenvalue weighted by atomic mass is 9.59. The zero-order valence-corrected chi connectivity index (χ0v) is 20.5. The molecule has 2 unspecified atom stereocenters. The summed E-state index contributed by atoms with van der Waals surface area (Å²) >= 11 is 0. The number of carbonyl (C=O) groups is 1. The molecule has 0 saturated carbocycles. The quantitative estimate of drug-likeness (QED) is 0.550. The average Bonchev–Trinajstić information content (AvgIpc) is 2.83. The molecule has 2 aromatic carbocycles. The third-order valence-electron chi connectivity index (χ3n) is 8.62. The van der Waals surface area contributed by atoms with Gasteiger partial charge in [0.1, 0.15) is 17.4 Å². The number of Topliss-reactive ketones (excluding diaryl/α,β-unsaturated/α-hetero) is 1. The maximum Gasteiger partial charge on any atom is 0.140 e. The molecule has 0 aromatic heterocycles. The maximum absolute atomic E-state index is 14.8. The molecule has 2 N–H and O–H groups in total. The van der Waals surface area contributed by atoms with Gasteiger partial charge in [-0.2, -0.15) is 0 Å². The number of ketones is 1. The molecule has 0 amide bonds. The Kier molecular flexibility index (Phi) is 7.83. The monoisotopic (exact) mass is 468 g/mol. The molecule has 2 aromatic rings. The average molecular weight is 469 g/mol. The van der Waals surface area contributed by atoms with Gasteiger partial charge in [-0.25, -0.2) is 8.78 Å². The molecule has 0 radical (unpaired) electrons. The Bertz CT molecular complexity index is 902. The summed E-state index contributed by atoms with van der Waals surface area (Å²) in [4.78, 5) is 14.6. The van der Waals surface area contributed by atoms with E-state index in [1.807, 2.05) is 12.1 Å². The molecule has 3 nitrogen and oxygen atoms in total. The first kappa shape index (κ1) is 25.0. The van der Waals surface area contributed by atoms with Crippen LogP contribution in [0.1, 0.15) is 50.7 Å². The van der Waals surface area contributed by atoms with Crippen molar-refractivity contribution in [1.82, 2.24) is 10.6 Å². The zero-order valence-electron chi connectivity index (χ0n) is 20.5. The van der Waals surface area contributed by atoms with E-state index in [-0.39, 0.29) is 40.1 Å². The van der Waals surface area contributed by atoms with Crippen LogP contribution in [0.5, 0.6) is 0 Å². The molecule has 2 fully saturated rings. The van der Waals surface area contributed by atoms with Crippen molar-refractivity contribution in [2.45, 2.75) is 52.4 Å². The minimum Gasteiger partial charge on any atom is -0.317 e. The third-order valence-corrected chi connectivity index (χ3v) is 8.62. The highest BCUT2D eigenvalue weighted by Gasteiger charge is 2.47. The smallest absolute Gasteiger partial charge is 0.140 e. The van der Waals surface area contributed by atoms with E-state index in [1.54, 1.807) is 24.3 Å². The number of carbonyl (C=O) groups excluding carboxylic acids is 1. The van der Waals surface area contributed by atoms with Crippen LogP contribution in [0.2, 0.25) is 0 Å². The molecule has 0 aliphatic carbocycles. The Morgan fingerprint density at radius 1 is 0.735 bits per heavy atom. The van der Waals surface area contributed by atoms with Crippen LogP contribution >= 0.6 is 0 Å². The molecule has 34 heavy (non-hydrogen) atoms. The standard InChI is InChI=1S/C29H38F2N2O/c1-28(11-15-32-16-12-28)23(19-21-7-3-5-9-25(21)30)27(34)24(29(2)13-17-33-18-14-29)20-22-8-4-6-10-26(22)31/h3-10,23-24,32-33H,11-20H2,1-2H3. The van der Waals surface area contributed by atoms with Crippen molar-refractivity contribution in [1.29, 1.82) is 0 Å². The van der Waals surface area contributed by atoms with E-state index in [1.165, 1.54) is 12.1 Å². The lowest BCUT2D eigenvalue weighted by Gasteiger charge is -2.46. The van der Waals surface area contributed by atoms with E-state index in [0.717, 1.165) is 51.9 Å². The van der Waals surface area contributed by atoms with Gasteiger partial charge in [0.2, 0.25) is 0 Å². The fraction of sp³-hybridized carbons (Fsp3) is 0.552. The van der Waals surface area contributed by atoms with E-state index in [2.05, 4.69) is 24.5 Å². The summed E-state index contributed by atoms with van der Waals surface area (Å²) in [5, 5.41) is 6.83. The van der Waals surface area contributed by atoms with E-state index < -0.39 is 0 Å². The van der Waals surface area contributed by atoms with Crippen molar-refractivity contribution >= 4 is 5.78 Å². The highest BCUT2D eigenvalue weighted by atomic mass is 19.1. The molecule has 0 spiro atoms. The first-order valence-corrected chi connectivity index (χ1v) is 12.7. The van der Waals surface area contributed by atoms with Crippen molar-refractivity contribution in [3.05, 3.63) is 71.3 Å². The summed E-state index contributed by atoms with van der Waals surface area (Å²) in [5.74, 6) is -0.946. The number of hydrogen-bond acceptors (Lipinski definition) is 3.